The first-order chi connectivity index (χ1) is 12.8. The summed E-state index contributed by atoms with van der Waals surface area (Å²) in [6.07, 6.45) is 3.88. The van der Waals surface area contributed by atoms with E-state index in [2.05, 4.69) is 0 Å². The number of carbonyl (C=O) groups excluding carboxylic acids is 1. The van der Waals surface area contributed by atoms with Crippen molar-refractivity contribution < 1.29 is 13.2 Å². The van der Waals surface area contributed by atoms with E-state index >= 15 is 0 Å². The quantitative estimate of drug-likeness (QED) is 0.735. The molecule has 0 aliphatic heterocycles. The Balaban J connectivity index is 1.76. The third-order valence-corrected chi connectivity index (χ3v) is 5.54. The standard InChI is InChI=1S/C20H21N3O3S/c1-15(16-7-11-19(12-8-16)27(21,25)26)22(2)20(24)17-5-9-18(10-6-17)23-13-3-4-14-23/h3-15H,1-2H3,(H2,21,25,26). The Bertz CT molecular complexity index is 1030. The summed E-state index contributed by atoms with van der Waals surface area (Å²) in [6, 6.07) is 17.3. The second-order valence-corrected chi connectivity index (χ2v) is 7.90. The van der Waals surface area contributed by atoms with Gasteiger partial charge in [-0.1, -0.05) is 12.1 Å². The Hall–Kier alpha value is -2.90. The molecule has 2 N–H and O–H groups in total. The molecule has 0 saturated carbocycles. The highest BCUT2D eigenvalue weighted by Gasteiger charge is 2.19. The van der Waals surface area contributed by atoms with Crippen LogP contribution in [0.15, 0.2) is 78.0 Å². The smallest absolute Gasteiger partial charge is 0.254 e. The molecule has 1 atom stereocenters. The molecule has 3 aromatic rings. The minimum atomic E-state index is -3.73. The third kappa shape index (κ3) is 4.10. The first-order valence-electron chi connectivity index (χ1n) is 8.41. The summed E-state index contributed by atoms with van der Waals surface area (Å²) >= 11 is 0. The van der Waals surface area contributed by atoms with Crippen LogP contribution in [0.4, 0.5) is 0 Å². The average Bonchev–Trinajstić information content (AvgIpc) is 3.20. The lowest BCUT2D eigenvalue weighted by Crippen LogP contribution is -2.29. The van der Waals surface area contributed by atoms with Gasteiger partial charge in [0.15, 0.2) is 0 Å². The SMILES string of the molecule is CC(c1ccc(S(N)(=O)=O)cc1)N(C)C(=O)c1ccc(-n2cccc2)cc1. The third-order valence-electron chi connectivity index (χ3n) is 4.61. The molecule has 140 valence electrons. The molecule has 1 aromatic heterocycles. The molecular formula is C20H21N3O3S. The van der Waals surface area contributed by atoms with E-state index in [0.717, 1.165) is 11.3 Å². The van der Waals surface area contributed by atoms with Crippen molar-refractivity contribution in [1.29, 1.82) is 0 Å². The van der Waals surface area contributed by atoms with Gasteiger partial charge in [-0.15, -0.1) is 0 Å². The maximum absolute atomic E-state index is 12.8. The summed E-state index contributed by atoms with van der Waals surface area (Å²) in [7, 11) is -2.01. The largest absolute Gasteiger partial charge is 0.335 e. The highest BCUT2D eigenvalue weighted by molar-refractivity contribution is 7.89. The van der Waals surface area contributed by atoms with Crippen molar-refractivity contribution in [3.63, 3.8) is 0 Å². The lowest BCUT2D eigenvalue weighted by molar-refractivity contribution is 0.0742. The number of carbonyl (C=O) groups is 1. The van der Waals surface area contributed by atoms with Crippen molar-refractivity contribution in [3.05, 3.63) is 84.2 Å². The van der Waals surface area contributed by atoms with E-state index in [1.165, 1.54) is 12.1 Å². The van der Waals surface area contributed by atoms with Crippen molar-refractivity contribution in [2.24, 2.45) is 5.14 Å². The molecule has 0 saturated heterocycles. The molecule has 6 nitrogen and oxygen atoms in total. The zero-order chi connectivity index (χ0) is 19.6. The van der Waals surface area contributed by atoms with Crippen LogP contribution in [0.5, 0.6) is 0 Å². The van der Waals surface area contributed by atoms with Gasteiger partial charge >= 0.3 is 0 Å². The van der Waals surface area contributed by atoms with Gasteiger partial charge in [0.05, 0.1) is 10.9 Å². The highest BCUT2D eigenvalue weighted by atomic mass is 32.2. The lowest BCUT2D eigenvalue weighted by Gasteiger charge is -2.25. The molecule has 3 rings (SSSR count). The van der Waals surface area contributed by atoms with Gasteiger partial charge in [-0.3, -0.25) is 4.79 Å². The molecule has 0 aliphatic carbocycles. The van der Waals surface area contributed by atoms with Crippen molar-refractivity contribution in [3.8, 4) is 5.69 Å². The van der Waals surface area contributed by atoms with Gasteiger partial charge in [-0.05, 0) is 61.0 Å². The fourth-order valence-electron chi connectivity index (χ4n) is 2.82. The van der Waals surface area contributed by atoms with Gasteiger partial charge in [0, 0.05) is 30.7 Å². The van der Waals surface area contributed by atoms with Crippen LogP contribution in [-0.4, -0.2) is 30.8 Å². The number of nitrogens with zero attached hydrogens (tertiary/aromatic N) is 2. The molecule has 27 heavy (non-hydrogen) atoms. The normalized spacial score (nSPS) is 12.6. The van der Waals surface area contributed by atoms with Crippen LogP contribution < -0.4 is 5.14 Å². The molecule has 0 bridgehead atoms. The Morgan fingerprint density at radius 2 is 1.56 bits per heavy atom. The number of hydrogen-bond donors (Lipinski definition) is 1. The number of rotatable bonds is 5. The summed E-state index contributed by atoms with van der Waals surface area (Å²) in [6.45, 7) is 1.89. The van der Waals surface area contributed by atoms with Crippen LogP contribution in [0.1, 0.15) is 28.9 Å². The summed E-state index contributed by atoms with van der Waals surface area (Å²) in [5.41, 5.74) is 2.38. The molecule has 7 heteroatoms. The number of aromatic nitrogens is 1. The second kappa shape index (κ2) is 7.38. The summed E-state index contributed by atoms with van der Waals surface area (Å²) in [5, 5.41) is 5.12. The fraction of sp³-hybridized carbons (Fsp3) is 0.150. The van der Waals surface area contributed by atoms with E-state index in [1.807, 2.05) is 48.1 Å². The van der Waals surface area contributed by atoms with Crippen LogP contribution in [0.25, 0.3) is 5.69 Å². The van der Waals surface area contributed by atoms with E-state index in [0.29, 0.717) is 5.56 Å². The molecule has 0 spiro atoms. The average molecular weight is 383 g/mol. The molecule has 2 aromatic carbocycles. The monoisotopic (exact) mass is 383 g/mol. The number of hydrogen-bond acceptors (Lipinski definition) is 3. The topological polar surface area (TPSA) is 85.4 Å². The zero-order valence-electron chi connectivity index (χ0n) is 15.1. The fourth-order valence-corrected chi connectivity index (χ4v) is 3.34. The van der Waals surface area contributed by atoms with Crippen LogP contribution in [0, 0.1) is 0 Å². The van der Waals surface area contributed by atoms with Crippen LogP contribution >= 0.6 is 0 Å². The van der Waals surface area contributed by atoms with Crippen LogP contribution in [0.2, 0.25) is 0 Å². The van der Waals surface area contributed by atoms with Gasteiger partial charge in [0.25, 0.3) is 5.91 Å². The maximum Gasteiger partial charge on any atom is 0.254 e. The number of sulfonamides is 1. The van der Waals surface area contributed by atoms with E-state index in [1.54, 1.807) is 36.2 Å². The predicted octanol–water partition coefficient (Wildman–Crippen LogP) is 2.96. The van der Waals surface area contributed by atoms with Crippen LogP contribution in [-0.2, 0) is 10.0 Å². The molecule has 1 unspecified atom stereocenters. The Labute approximate surface area is 158 Å². The second-order valence-electron chi connectivity index (χ2n) is 6.34. The Kier molecular flexibility index (Phi) is 5.16. The summed E-state index contributed by atoms with van der Waals surface area (Å²) < 4.78 is 24.7. The van der Waals surface area contributed by atoms with Crippen molar-refractivity contribution in [1.82, 2.24) is 9.47 Å². The number of amides is 1. The van der Waals surface area contributed by atoms with E-state index in [-0.39, 0.29) is 16.8 Å². The minimum absolute atomic E-state index is 0.0491. The minimum Gasteiger partial charge on any atom is -0.335 e. The van der Waals surface area contributed by atoms with Crippen molar-refractivity contribution in [2.75, 3.05) is 7.05 Å². The van der Waals surface area contributed by atoms with Crippen molar-refractivity contribution >= 4 is 15.9 Å². The first-order valence-corrected chi connectivity index (χ1v) is 9.95. The molecule has 1 amide bonds. The van der Waals surface area contributed by atoms with Gasteiger partial charge in [0.2, 0.25) is 10.0 Å². The molecule has 0 aliphatic rings. The molecule has 0 radical (unpaired) electrons. The predicted molar refractivity (Wildman–Crippen MR) is 104 cm³/mol. The Morgan fingerprint density at radius 3 is 2.07 bits per heavy atom. The number of benzene rings is 2. The summed E-state index contributed by atoms with van der Waals surface area (Å²) in [4.78, 5) is 14.5. The van der Waals surface area contributed by atoms with E-state index in [9.17, 15) is 13.2 Å². The molecular weight excluding hydrogens is 362 g/mol. The zero-order valence-corrected chi connectivity index (χ0v) is 15.9. The van der Waals surface area contributed by atoms with Crippen molar-refractivity contribution in [2.45, 2.75) is 17.9 Å². The van der Waals surface area contributed by atoms with Gasteiger partial charge < -0.3 is 9.47 Å². The number of primary sulfonamides is 1. The maximum atomic E-state index is 12.8. The van der Waals surface area contributed by atoms with Gasteiger partial charge in [0.1, 0.15) is 0 Å². The van der Waals surface area contributed by atoms with Crippen LogP contribution in [0.3, 0.4) is 0 Å². The highest BCUT2D eigenvalue weighted by Crippen LogP contribution is 2.22. The lowest BCUT2D eigenvalue weighted by atomic mass is 10.1. The Morgan fingerprint density at radius 1 is 1.00 bits per heavy atom. The number of nitrogens with two attached hydrogens (primary N) is 1. The van der Waals surface area contributed by atoms with Gasteiger partial charge in [-0.25, -0.2) is 13.6 Å². The molecule has 0 fully saturated rings. The van der Waals surface area contributed by atoms with Gasteiger partial charge in [-0.2, -0.15) is 0 Å². The molecule has 1 heterocycles. The summed E-state index contributed by atoms with van der Waals surface area (Å²) in [5.74, 6) is -0.114. The first kappa shape index (κ1) is 18.9. The van der Waals surface area contributed by atoms with E-state index in [4.69, 9.17) is 5.14 Å². The van der Waals surface area contributed by atoms with E-state index < -0.39 is 10.0 Å².